The number of hydrogen-bond acceptors (Lipinski definition) is 3. The van der Waals surface area contributed by atoms with E-state index >= 15 is 0 Å². The molecule has 0 spiro atoms. The maximum absolute atomic E-state index is 14.0. The molecule has 5 heteroatoms. The van der Waals surface area contributed by atoms with Crippen LogP contribution in [0.4, 0.5) is 15.8 Å². The zero-order valence-electron chi connectivity index (χ0n) is 17.1. The van der Waals surface area contributed by atoms with Crippen molar-refractivity contribution in [3.05, 3.63) is 95.3 Å². The van der Waals surface area contributed by atoms with Crippen molar-refractivity contribution < 1.29 is 9.18 Å². The molecular formula is C25H26FN3O. The van der Waals surface area contributed by atoms with Gasteiger partial charge in [0.05, 0.1) is 5.69 Å². The van der Waals surface area contributed by atoms with Crippen LogP contribution in [0.5, 0.6) is 0 Å². The zero-order valence-corrected chi connectivity index (χ0v) is 17.1. The normalized spacial score (nSPS) is 14.5. The SMILES string of the molecule is Cc1ccc(NC(=O)c2cccc(CN3CCN(c4ccccc4F)CC3)c2)cc1. The van der Waals surface area contributed by atoms with Gasteiger partial charge in [0.1, 0.15) is 5.82 Å². The number of anilines is 2. The summed E-state index contributed by atoms with van der Waals surface area (Å²) >= 11 is 0. The number of aryl methyl sites for hydroxylation is 1. The molecule has 0 radical (unpaired) electrons. The highest BCUT2D eigenvalue weighted by Crippen LogP contribution is 2.21. The van der Waals surface area contributed by atoms with Crippen molar-refractivity contribution >= 4 is 17.3 Å². The van der Waals surface area contributed by atoms with Gasteiger partial charge in [0.25, 0.3) is 5.91 Å². The van der Waals surface area contributed by atoms with Crippen molar-refractivity contribution in [2.24, 2.45) is 0 Å². The summed E-state index contributed by atoms with van der Waals surface area (Å²) in [6.45, 7) is 6.08. The maximum Gasteiger partial charge on any atom is 0.255 e. The molecule has 0 aromatic heterocycles. The molecule has 3 aromatic rings. The zero-order chi connectivity index (χ0) is 20.9. The topological polar surface area (TPSA) is 35.6 Å². The molecule has 0 atom stereocenters. The Kier molecular flexibility index (Phi) is 6.10. The van der Waals surface area contributed by atoms with Gasteiger partial charge in [0.2, 0.25) is 0 Å². The quantitative estimate of drug-likeness (QED) is 0.670. The fourth-order valence-electron chi connectivity index (χ4n) is 3.76. The third-order valence-corrected chi connectivity index (χ3v) is 5.47. The van der Waals surface area contributed by atoms with E-state index in [1.54, 1.807) is 6.07 Å². The van der Waals surface area contributed by atoms with Gasteiger partial charge in [0.15, 0.2) is 0 Å². The van der Waals surface area contributed by atoms with Gasteiger partial charge in [-0.1, -0.05) is 42.0 Å². The summed E-state index contributed by atoms with van der Waals surface area (Å²) < 4.78 is 14.0. The molecule has 0 unspecified atom stereocenters. The largest absolute Gasteiger partial charge is 0.367 e. The van der Waals surface area contributed by atoms with E-state index in [1.807, 2.05) is 67.6 Å². The van der Waals surface area contributed by atoms with Gasteiger partial charge in [-0.2, -0.15) is 0 Å². The third-order valence-electron chi connectivity index (χ3n) is 5.47. The summed E-state index contributed by atoms with van der Waals surface area (Å²) in [5, 5.41) is 2.95. The first kappa shape index (κ1) is 20.1. The van der Waals surface area contributed by atoms with E-state index in [2.05, 4.69) is 15.1 Å². The van der Waals surface area contributed by atoms with E-state index in [1.165, 1.54) is 6.07 Å². The minimum atomic E-state index is -0.168. The molecule has 4 nitrogen and oxygen atoms in total. The molecule has 154 valence electrons. The molecule has 1 heterocycles. The van der Waals surface area contributed by atoms with Gasteiger partial charge in [-0.25, -0.2) is 4.39 Å². The first-order chi connectivity index (χ1) is 14.6. The molecule has 0 aliphatic carbocycles. The number of nitrogens with zero attached hydrogens (tertiary/aromatic N) is 2. The number of halogens is 1. The van der Waals surface area contributed by atoms with E-state index in [9.17, 15) is 9.18 Å². The second-order valence-corrected chi connectivity index (χ2v) is 7.74. The van der Waals surface area contributed by atoms with Gasteiger partial charge >= 0.3 is 0 Å². The van der Waals surface area contributed by atoms with Gasteiger partial charge in [-0.3, -0.25) is 9.69 Å². The number of para-hydroxylation sites is 1. The van der Waals surface area contributed by atoms with Crippen molar-refractivity contribution in [3.8, 4) is 0 Å². The number of benzene rings is 3. The van der Waals surface area contributed by atoms with Crippen molar-refractivity contribution in [1.82, 2.24) is 4.90 Å². The van der Waals surface area contributed by atoms with E-state index < -0.39 is 0 Å². The number of hydrogen-bond donors (Lipinski definition) is 1. The van der Waals surface area contributed by atoms with Crippen LogP contribution in [0, 0.1) is 12.7 Å². The number of piperazine rings is 1. The lowest BCUT2D eigenvalue weighted by Crippen LogP contribution is -2.46. The smallest absolute Gasteiger partial charge is 0.255 e. The second kappa shape index (κ2) is 9.09. The summed E-state index contributed by atoms with van der Waals surface area (Å²) in [5.74, 6) is -0.275. The maximum atomic E-state index is 14.0. The number of rotatable bonds is 5. The highest BCUT2D eigenvalue weighted by molar-refractivity contribution is 6.04. The molecule has 0 saturated carbocycles. The van der Waals surface area contributed by atoms with E-state index in [0.29, 0.717) is 11.3 Å². The Labute approximate surface area is 176 Å². The van der Waals surface area contributed by atoms with Crippen molar-refractivity contribution in [3.63, 3.8) is 0 Å². The number of carbonyl (C=O) groups excluding carboxylic acids is 1. The standard InChI is InChI=1S/C25H26FN3O/c1-19-9-11-22(12-10-19)27-25(30)21-6-4-5-20(17-21)18-28-13-15-29(16-14-28)24-8-3-2-7-23(24)26/h2-12,17H,13-16,18H2,1H3,(H,27,30). The van der Waals surface area contributed by atoms with Crippen molar-refractivity contribution in [2.75, 3.05) is 36.4 Å². The molecule has 1 N–H and O–H groups in total. The van der Waals surface area contributed by atoms with E-state index in [0.717, 1.165) is 49.5 Å². The Bertz CT molecular complexity index is 1010. The number of carbonyl (C=O) groups is 1. The molecule has 1 saturated heterocycles. The van der Waals surface area contributed by atoms with Crippen LogP contribution >= 0.6 is 0 Å². The summed E-state index contributed by atoms with van der Waals surface area (Å²) in [6, 6.07) is 22.5. The molecule has 0 bridgehead atoms. The van der Waals surface area contributed by atoms with Crippen LogP contribution in [0.15, 0.2) is 72.8 Å². The van der Waals surface area contributed by atoms with Crippen LogP contribution in [0.25, 0.3) is 0 Å². The predicted molar refractivity (Wildman–Crippen MR) is 119 cm³/mol. The summed E-state index contributed by atoms with van der Waals surface area (Å²) in [7, 11) is 0. The summed E-state index contributed by atoms with van der Waals surface area (Å²) in [5.41, 5.74) is 4.38. The molecule has 3 aromatic carbocycles. The minimum absolute atomic E-state index is 0.106. The van der Waals surface area contributed by atoms with Gasteiger partial charge in [0, 0.05) is 44.0 Å². The van der Waals surface area contributed by atoms with Gasteiger partial charge in [-0.05, 0) is 48.9 Å². The Morgan fingerprint density at radius 2 is 1.67 bits per heavy atom. The monoisotopic (exact) mass is 403 g/mol. The van der Waals surface area contributed by atoms with Gasteiger partial charge in [-0.15, -0.1) is 0 Å². The molecular weight excluding hydrogens is 377 g/mol. The Hall–Kier alpha value is -3.18. The minimum Gasteiger partial charge on any atom is -0.367 e. The van der Waals surface area contributed by atoms with Crippen LogP contribution in [-0.2, 0) is 6.54 Å². The molecule has 1 fully saturated rings. The van der Waals surface area contributed by atoms with Crippen molar-refractivity contribution in [1.29, 1.82) is 0 Å². The number of nitrogens with one attached hydrogen (secondary N) is 1. The third kappa shape index (κ3) is 4.86. The first-order valence-corrected chi connectivity index (χ1v) is 10.3. The van der Waals surface area contributed by atoms with Crippen LogP contribution < -0.4 is 10.2 Å². The predicted octanol–water partition coefficient (Wildman–Crippen LogP) is 4.71. The van der Waals surface area contributed by atoms with Crippen molar-refractivity contribution in [2.45, 2.75) is 13.5 Å². The molecule has 1 amide bonds. The average Bonchev–Trinajstić information content (AvgIpc) is 2.77. The Morgan fingerprint density at radius 1 is 0.933 bits per heavy atom. The molecule has 1 aliphatic heterocycles. The fourth-order valence-corrected chi connectivity index (χ4v) is 3.76. The lowest BCUT2D eigenvalue weighted by molar-refractivity contribution is 0.102. The lowest BCUT2D eigenvalue weighted by Gasteiger charge is -2.36. The fraction of sp³-hybridized carbons (Fsp3) is 0.240. The molecule has 1 aliphatic rings. The summed E-state index contributed by atoms with van der Waals surface area (Å²) in [6.07, 6.45) is 0. The average molecular weight is 404 g/mol. The number of amides is 1. The lowest BCUT2D eigenvalue weighted by atomic mass is 10.1. The second-order valence-electron chi connectivity index (χ2n) is 7.74. The van der Waals surface area contributed by atoms with E-state index in [-0.39, 0.29) is 11.7 Å². The van der Waals surface area contributed by atoms with Crippen LogP contribution in [0.2, 0.25) is 0 Å². The molecule has 4 rings (SSSR count). The van der Waals surface area contributed by atoms with Gasteiger partial charge < -0.3 is 10.2 Å². The molecule has 30 heavy (non-hydrogen) atoms. The highest BCUT2D eigenvalue weighted by atomic mass is 19.1. The highest BCUT2D eigenvalue weighted by Gasteiger charge is 2.19. The first-order valence-electron chi connectivity index (χ1n) is 10.3. The Morgan fingerprint density at radius 3 is 2.40 bits per heavy atom. The summed E-state index contributed by atoms with van der Waals surface area (Å²) in [4.78, 5) is 17.0. The van der Waals surface area contributed by atoms with E-state index in [4.69, 9.17) is 0 Å². The van der Waals surface area contributed by atoms with Crippen LogP contribution in [0.3, 0.4) is 0 Å². The van der Waals surface area contributed by atoms with Crippen LogP contribution in [0.1, 0.15) is 21.5 Å². The Balaban J connectivity index is 1.35. The van der Waals surface area contributed by atoms with Crippen LogP contribution in [-0.4, -0.2) is 37.0 Å².